The lowest BCUT2D eigenvalue weighted by atomic mass is 9.89. The summed E-state index contributed by atoms with van der Waals surface area (Å²) in [5, 5.41) is 3.22. The van der Waals surface area contributed by atoms with E-state index < -0.39 is 0 Å². The normalized spacial score (nSPS) is 35.4. The standard InChI is InChI=1S/C9H17N3O/c10-9(13)7-6-11-3-2-8(7)12-4-1-5-12/h7-8,11H,1-6H2,(H2,10,13)/t7-,8+/m1/s1. The lowest BCUT2D eigenvalue weighted by Gasteiger charge is -2.43. The van der Waals surface area contributed by atoms with Gasteiger partial charge in [-0.25, -0.2) is 0 Å². The van der Waals surface area contributed by atoms with Crippen molar-refractivity contribution in [2.24, 2.45) is 11.7 Å². The zero-order chi connectivity index (χ0) is 9.26. The first-order valence-corrected chi connectivity index (χ1v) is 5.03. The Hall–Kier alpha value is -0.610. The van der Waals surface area contributed by atoms with Gasteiger partial charge < -0.3 is 11.1 Å². The second kappa shape index (κ2) is 3.64. The molecule has 0 aliphatic carbocycles. The molecule has 1 amide bonds. The molecule has 0 aromatic carbocycles. The molecule has 3 N–H and O–H groups in total. The van der Waals surface area contributed by atoms with Gasteiger partial charge in [-0.3, -0.25) is 9.69 Å². The fourth-order valence-corrected chi connectivity index (χ4v) is 2.24. The van der Waals surface area contributed by atoms with Crippen LogP contribution < -0.4 is 11.1 Å². The fraction of sp³-hybridized carbons (Fsp3) is 0.889. The number of amides is 1. The van der Waals surface area contributed by atoms with Crippen LogP contribution in [0.2, 0.25) is 0 Å². The lowest BCUT2D eigenvalue weighted by Crippen LogP contribution is -2.57. The van der Waals surface area contributed by atoms with E-state index in [-0.39, 0.29) is 11.8 Å². The van der Waals surface area contributed by atoms with E-state index in [2.05, 4.69) is 10.2 Å². The third-order valence-corrected chi connectivity index (χ3v) is 3.17. The molecule has 0 aromatic heterocycles. The minimum Gasteiger partial charge on any atom is -0.369 e. The highest BCUT2D eigenvalue weighted by atomic mass is 16.1. The number of hydrogen-bond donors (Lipinski definition) is 2. The number of nitrogens with one attached hydrogen (secondary N) is 1. The first-order valence-electron chi connectivity index (χ1n) is 5.03. The van der Waals surface area contributed by atoms with Crippen molar-refractivity contribution in [3.8, 4) is 0 Å². The molecule has 4 heteroatoms. The van der Waals surface area contributed by atoms with Gasteiger partial charge >= 0.3 is 0 Å². The summed E-state index contributed by atoms with van der Waals surface area (Å²) in [6.45, 7) is 4.07. The molecule has 0 bridgehead atoms. The molecular formula is C9H17N3O. The van der Waals surface area contributed by atoms with Crippen LogP contribution in [0, 0.1) is 5.92 Å². The number of carbonyl (C=O) groups is 1. The van der Waals surface area contributed by atoms with Crippen LogP contribution in [0.15, 0.2) is 0 Å². The maximum absolute atomic E-state index is 11.2. The summed E-state index contributed by atoms with van der Waals surface area (Å²) in [5.41, 5.74) is 5.37. The van der Waals surface area contributed by atoms with Crippen molar-refractivity contribution >= 4 is 5.91 Å². The van der Waals surface area contributed by atoms with Crippen molar-refractivity contribution in [3.63, 3.8) is 0 Å². The van der Waals surface area contributed by atoms with Crippen LogP contribution in [0.4, 0.5) is 0 Å². The van der Waals surface area contributed by atoms with Crippen molar-refractivity contribution < 1.29 is 4.79 Å². The van der Waals surface area contributed by atoms with E-state index in [0.29, 0.717) is 6.04 Å². The Morgan fingerprint density at radius 1 is 1.46 bits per heavy atom. The average molecular weight is 183 g/mol. The van der Waals surface area contributed by atoms with Crippen molar-refractivity contribution in [1.82, 2.24) is 10.2 Å². The Morgan fingerprint density at radius 2 is 2.23 bits per heavy atom. The maximum atomic E-state index is 11.2. The first kappa shape index (κ1) is 8.97. The maximum Gasteiger partial charge on any atom is 0.223 e. The minimum atomic E-state index is -0.149. The zero-order valence-corrected chi connectivity index (χ0v) is 7.83. The molecule has 13 heavy (non-hydrogen) atoms. The lowest BCUT2D eigenvalue weighted by molar-refractivity contribution is -0.125. The van der Waals surface area contributed by atoms with Gasteiger partial charge in [-0.2, -0.15) is 0 Å². The highest BCUT2D eigenvalue weighted by Gasteiger charge is 2.35. The topological polar surface area (TPSA) is 58.4 Å². The van der Waals surface area contributed by atoms with Gasteiger partial charge in [-0.15, -0.1) is 0 Å². The van der Waals surface area contributed by atoms with Gasteiger partial charge in [-0.1, -0.05) is 0 Å². The summed E-state index contributed by atoms with van der Waals surface area (Å²) < 4.78 is 0. The first-order chi connectivity index (χ1) is 6.29. The molecule has 74 valence electrons. The zero-order valence-electron chi connectivity index (χ0n) is 7.83. The van der Waals surface area contributed by atoms with E-state index in [1.165, 1.54) is 6.42 Å². The van der Waals surface area contributed by atoms with Gasteiger partial charge in [-0.05, 0) is 32.5 Å². The van der Waals surface area contributed by atoms with Gasteiger partial charge in [0.2, 0.25) is 5.91 Å². The Bertz CT molecular complexity index is 203. The molecule has 0 aromatic rings. The van der Waals surface area contributed by atoms with Gasteiger partial charge in [0.05, 0.1) is 5.92 Å². The third kappa shape index (κ3) is 1.69. The second-order valence-electron chi connectivity index (χ2n) is 3.96. The van der Waals surface area contributed by atoms with Gasteiger partial charge in [0.25, 0.3) is 0 Å². The molecule has 0 spiro atoms. The number of nitrogens with two attached hydrogens (primary N) is 1. The quantitative estimate of drug-likeness (QED) is 0.586. The van der Waals surface area contributed by atoms with Crippen LogP contribution in [-0.2, 0) is 4.79 Å². The van der Waals surface area contributed by atoms with Crippen LogP contribution in [0.1, 0.15) is 12.8 Å². The largest absolute Gasteiger partial charge is 0.369 e. The summed E-state index contributed by atoms with van der Waals surface area (Å²) in [7, 11) is 0. The number of primary amides is 1. The van der Waals surface area contributed by atoms with Gasteiger partial charge in [0.1, 0.15) is 0 Å². The van der Waals surface area contributed by atoms with Gasteiger partial charge in [0.15, 0.2) is 0 Å². The number of nitrogens with zero attached hydrogens (tertiary/aromatic N) is 1. The predicted octanol–water partition coefficient (Wildman–Crippen LogP) is -0.844. The number of hydrogen-bond acceptors (Lipinski definition) is 3. The van der Waals surface area contributed by atoms with Crippen molar-refractivity contribution in [2.45, 2.75) is 18.9 Å². The summed E-state index contributed by atoms with van der Waals surface area (Å²) in [5.74, 6) is -0.127. The summed E-state index contributed by atoms with van der Waals surface area (Å²) in [6, 6.07) is 0.410. The van der Waals surface area contributed by atoms with Crippen molar-refractivity contribution in [2.75, 3.05) is 26.2 Å². The molecule has 2 aliphatic heterocycles. The number of likely N-dealkylation sites (tertiary alicyclic amines) is 1. The second-order valence-corrected chi connectivity index (χ2v) is 3.96. The molecule has 2 heterocycles. The van der Waals surface area contributed by atoms with Crippen LogP contribution in [0.25, 0.3) is 0 Å². The Morgan fingerprint density at radius 3 is 2.77 bits per heavy atom. The molecule has 2 rings (SSSR count). The third-order valence-electron chi connectivity index (χ3n) is 3.17. The van der Waals surface area contributed by atoms with E-state index >= 15 is 0 Å². The Labute approximate surface area is 78.5 Å². The average Bonchev–Trinajstić information content (AvgIpc) is 2.02. The highest BCUT2D eigenvalue weighted by Crippen LogP contribution is 2.22. The molecule has 2 atom stereocenters. The highest BCUT2D eigenvalue weighted by molar-refractivity contribution is 5.77. The fourth-order valence-electron chi connectivity index (χ4n) is 2.24. The SMILES string of the molecule is NC(=O)[C@@H]1CNCC[C@@H]1N1CCC1. The van der Waals surface area contributed by atoms with E-state index in [1.807, 2.05) is 0 Å². The number of rotatable bonds is 2. The Balaban J connectivity index is 1.99. The van der Waals surface area contributed by atoms with E-state index in [4.69, 9.17) is 5.73 Å². The van der Waals surface area contributed by atoms with Crippen LogP contribution in [-0.4, -0.2) is 43.0 Å². The number of piperidine rings is 1. The summed E-state index contributed by atoms with van der Waals surface area (Å²) >= 11 is 0. The molecule has 2 aliphatic rings. The predicted molar refractivity (Wildman–Crippen MR) is 50.1 cm³/mol. The summed E-state index contributed by atoms with van der Waals surface area (Å²) in [4.78, 5) is 13.5. The van der Waals surface area contributed by atoms with Crippen LogP contribution in [0.3, 0.4) is 0 Å². The van der Waals surface area contributed by atoms with E-state index in [1.54, 1.807) is 0 Å². The summed E-state index contributed by atoms with van der Waals surface area (Å²) in [6.07, 6.45) is 2.34. The molecular weight excluding hydrogens is 166 g/mol. The monoisotopic (exact) mass is 183 g/mol. The molecule has 0 radical (unpaired) electrons. The smallest absolute Gasteiger partial charge is 0.223 e. The van der Waals surface area contributed by atoms with E-state index in [9.17, 15) is 4.79 Å². The van der Waals surface area contributed by atoms with Gasteiger partial charge in [0, 0.05) is 12.6 Å². The Kier molecular flexibility index (Phi) is 2.51. The van der Waals surface area contributed by atoms with E-state index in [0.717, 1.165) is 32.6 Å². The van der Waals surface area contributed by atoms with Crippen LogP contribution in [0.5, 0.6) is 0 Å². The number of carbonyl (C=O) groups excluding carboxylic acids is 1. The van der Waals surface area contributed by atoms with Crippen molar-refractivity contribution in [3.05, 3.63) is 0 Å². The van der Waals surface area contributed by atoms with Crippen LogP contribution >= 0.6 is 0 Å². The van der Waals surface area contributed by atoms with Crippen molar-refractivity contribution in [1.29, 1.82) is 0 Å². The molecule has 0 unspecified atom stereocenters. The molecule has 0 saturated carbocycles. The molecule has 2 fully saturated rings. The molecule has 2 saturated heterocycles. The minimum absolute atomic E-state index is 0.0223. The molecule has 4 nitrogen and oxygen atoms in total.